The molecule has 0 fully saturated rings. The Kier molecular flexibility index (Phi) is 4.25. The molecule has 0 aliphatic heterocycles. The zero-order valence-corrected chi connectivity index (χ0v) is 12.4. The predicted molar refractivity (Wildman–Crippen MR) is 92.2 cm³/mol. The van der Waals surface area contributed by atoms with Gasteiger partial charge in [0.2, 0.25) is 0 Å². The first kappa shape index (κ1) is 14.7. The molecule has 0 atom stereocenters. The molecular weight excluding hydrogens is 288 g/mol. The minimum atomic E-state index is -0.275. The van der Waals surface area contributed by atoms with Gasteiger partial charge in [-0.25, -0.2) is 0 Å². The first-order chi connectivity index (χ1) is 11.2. The Morgan fingerprint density at radius 2 is 1.48 bits per heavy atom. The monoisotopic (exact) mass is 304 g/mol. The lowest BCUT2D eigenvalue weighted by molar-refractivity contribution is 0.102. The van der Waals surface area contributed by atoms with Gasteiger partial charge >= 0.3 is 0 Å². The number of phenolic OH excluding ortho intramolecular Hbond substituents is 1. The van der Waals surface area contributed by atoms with Crippen LogP contribution in [0.1, 0.15) is 10.4 Å². The molecule has 0 aliphatic rings. The number of amides is 1. The molecule has 0 bridgehead atoms. The van der Waals surface area contributed by atoms with E-state index in [1.165, 1.54) is 6.07 Å². The van der Waals surface area contributed by atoms with Crippen molar-refractivity contribution >= 4 is 23.0 Å². The smallest absolute Gasteiger partial charge is 0.255 e. The fraction of sp³-hybridized carbons (Fsp3) is 0. The summed E-state index contributed by atoms with van der Waals surface area (Å²) in [7, 11) is 0. The van der Waals surface area contributed by atoms with E-state index in [1.54, 1.807) is 30.3 Å². The quantitative estimate of drug-likeness (QED) is 0.626. The van der Waals surface area contributed by atoms with Gasteiger partial charge in [0.05, 0.1) is 5.69 Å². The van der Waals surface area contributed by atoms with Crippen LogP contribution in [-0.2, 0) is 0 Å². The minimum Gasteiger partial charge on any atom is -0.506 e. The van der Waals surface area contributed by atoms with Gasteiger partial charge < -0.3 is 15.7 Å². The van der Waals surface area contributed by atoms with Crippen molar-refractivity contribution in [3.05, 3.63) is 84.4 Å². The van der Waals surface area contributed by atoms with Gasteiger partial charge in [-0.15, -0.1) is 0 Å². The van der Waals surface area contributed by atoms with E-state index in [0.29, 0.717) is 11.3 Å². The first-order valence-electron chi connectivity index (χ1n) is 7.24. The highest BCUT2D eigenvalue weighted by atomic mass is 16.3. The van der Waals surface area contributed by atoms with E-state index in [4.69, 9.17) is 0 Å². The second kappa shape index (κ2) is 6.66. The topological polar surface area (TPSA) is 61.4 Å². The van der Waals surface area contributed by atoms with E-state index in [9.17, 15) is 9.90 Å². The summed E-state index contributed by atoms with van der Waals surface area (Å²) in [6.45, 7) is 0. The van der Waals surface area contributed by atoms with Crippen molar-refractivity contribution in [3.8, 4) is 5.75 Å². The first-order valence-corrected chi connectivity index (χ1v) is 7.24. The van der Waals surface area contributed by atoms with Crippen molar-refractivity contribution in [2.45, 2.75) is 0 Å². The molecule has 0 spiro atoms. The average Bonchev–Trinajstić information content (AvgIpc) is 2.58. The number of carbonyl (C=O) groups excluding carboxylic acids is 1. The number of nitrogens with one attached hydrogen (secondary N) is 2. The molecule has 0 radical (unpaired) electrons. The van der Waals surface area contributed by atoms with E-state index < -0.39 is 0 Å². The Bertz CT molecular complexity index is 816. The SMILES string of the molecule is O=C(Nc1ccccc1O)c1cccc(Nc2ccccc2)c1. The van der Waals surface area contributed by atoms with Crippen LogP contribution in [0.3, 0.4) is 0 Å². The number of para-hydroxylation sites is 3. The van der Waals surface area contributed by atoms with Crippen molar-refractivity contribution in [2.75, 3.05) is 10.6 Å². The maximum absolute atomic E-state index is 12.3. The Balaban J connectivity index is 1.77. The number of hydrogen-bond donors (Lipinski definition) is 3. The van der Waals surface area contributed by atoms with Crippen molar-refractivity contribution < 1.29 is 9.90 Å². The normalized spacial score (nSPS) is 10.1. The van der Waals surface area contributed by atoms with Crippen LogP contribution in [0, 0.1) is 0 Å². The maximum atomic E-state index is 12.3. The molecule has 23 heavy (non-hydrogen) atoms. The molecule has 1 amide bonds. The van der Waals surface area contributed by atoms with E-state index >= 15 is 0 Å². The molecule has 0 heterocycles. The van der Waals surface area contributed by atoms with Gasteiger partial charge in [0.1, 0.15) is 5.75 Å². The standard InChI is InChI=1S/C19H16N2O2/c22-18-12-5-4-11-17(18)21-19(23)14-7-6-10-16(13-14)20-15-8-2-1-3-9-15/h1-13,20,22H,(H,21,23). The summed E-state index contributed by atoms with van der Waals surface area (Å²) in [6.07, 6.45) is 0. The molecule has 3 N–H and O–H groups in total. The summed E-state index contributed by atoms with van der Waals surface area (Å²) < 4.78 is 0. The zero-order valence-electron chi connectivity index (χ0n) is 12.4. The summed E-state index contributed by atoms with van der Waals surface area (Å²) in [5.74, 6) is -0.234. The average molecular weight is 304 g/mol. The number of anilines is 3. The lowest BCUT2D eigenvalue weighted by Gasteiger charge is -2.10. The summed E-state index contributed by atoms with van der Waals surface area (Å²) in [4.78, 5) is 12.3. The zero-order chi connectivity index (χ0) is 16.1. The van der Waals surface area contributed by atoms with Crippen LogP contribution in [-0.4, -0.2) is 11.0 Å². The largest absolute Gasteiger partial charge is 0.506 e. The summed E-state index contributed by atoms with van der Waals surface area (Å²) in [5.41, 5.74) is 2.67. The fourth-order valence-electron chi connectivity index (χ4n) is 2.20. The Morgan fingerprint density at radius 1 is 0.783 bits per heavy atom. The molecule has 3 aromatic rings. The predicted octanol–water partition coefficient (Wildman–Crippen LogP) is 4.39. The lowest BCUT2D eigenvalue weighted by Crippen LogP contribution is -2.12. The highest BCUT2D eigenvalue weighted by Gasteiger charge is 2.09. The number of benzene rings is 3. The minimum absolute atomic E-state index is 0.0411. The van der Waals surface area contributed by atoms with Crippen LogP contribution >= 0.6 is 0 Å². The van der Waals surface area contributed by atoms with Crippen LogP contribution in [0.2, 0.25) is 0 Å². The second-order valence-electron chi connectivity index (χ2n) is 5.04. The van der Waals surface area contributed by atoms with E-state index in [-0.39, 0.29) is 11.7 Å². The summed E-state index contributed by atoms with van der Waals surface area (Å²) in [5, 5.41) is 15.7. The van der Waals surface area contributed by atoms with E-state index in [1.807, 2.05) is 42.5 Å². The molecule has 0 saturated heterocycles. The third-order valence-corrected chi connectivity index (χ3v) is 3.34. The van der Waals surface area contributed by atoms with Crippen LogP contribution in [0.5, 0.6) is 5.75 Å². The van der Waals surface area contributed by atoms with Gasteiger partial charge in [-0.05, 0) is 42.5 Å². The molecule has 0 unspecified atom stereocenters. The molecule has 3 aromatic carbocycles. The lowest BCUT2D eigenvalue weighted by atomic mass is 10.1. The van der Waals surface area contributed by atoms with E-state index in [2.05, 4.69) is 10.6 Å². The van der Waals surface area contributed by atoms with E-state index in [0.717, 1.165) is 11.4 Å². The van der Waals surface area contributed by atoms with Gasteiger partial charge in [-0.2, -0.15) is 0 Å². The highest BCUT2D eigenvalue weighted by Crippen LogP contribution is 2.23. The second-order valence-corrected chi connectivity index (χ2v) is 5.04. The van der Waals surface area contributed by atoms with Gasteiger partial charge in [-0.1, -0.05) is 36.4 Å². The van der Waals surface area contributed by atoms with Crippen molar-refractivity contribution in [1.82, 2.24) is 0 Å². The van der Waals surface area contributed by atoms with Crippen LogP contribution in [0.4, 0.5) is 17.1 Å². The molecule has 0 aliphatic carbocycles. The maximum Gasteiger partial charge on any atom is 0.255 e. The third kappa shape index (κ3) is 3.68. The number of hydrogen-bond acceptors (Lipinski definition) is 3. The number of carbonyl (C=O) groups is 1. The van der Waals surface area contributed by atoms with Gasteiger partial charge in [-0.3, -0.25) is 4.79 Å². The molecule has 4 heteroatoms. The molecule has 114 valence electrons. The number of aromatic hydroxyl groups is 1. The van der Waals surface area contributed by atoms with Crippen LogP contribution in [0.25, 0.3) is 0 Å². The van der Waals surface area contributed by atoms with Crippen LogP contribution < -0.4 is 10.6 Å². The van der Waals surface area contributed by atoms with Crippen molar-refractivity contribution in [3.63, 3.8) is 0 Å². The highest BCUT2D eigenvalue weighted by molar-refractivity contribution is 6.05. The van der Waals surface area contributed by atoms with Crippen molar-refractivity contribution in [1.29, 1.82) is 0 Å². The summed E-state index contributed by atoms with van der Waals surface area (Å²) >= 11 is 0. The molecule has 4 nitrogen and oxygen atoms in total. The molecule has 0 aromatic heterocycles. The van der Waals surface area contributed by atoms with Crippen LogP contribution in [0.15, 0.2) is 78.9 Å². The Labute approximate surface area is 134 Å². The molecular formula is C19H16N2O2. The number of phenols is 1. The fourth-order valence-corrected chi connectivity index (χ4v) is 2.20. The third-order valence-electron chi connectivity index (χ3n) is 3.34. The summed E-state index contributed by atoms with van der Waals surface area (Å²) in [6, 6.07) is 23.6. The van der Waals surface area contributed by atoms with Crippen molar-refractivity contribution in [2.24, 2.45) is 0 Å². The van der Waals surface area contributed by atoms with Gasteiger partial charge in [0.15, 0.2) is 0 Å². The van der Waals surface area contributed by atoms with Gasteiger partial charge in [0, 0.05) is 16.9 Å². The molecule has 3 rings (SSSR count). The Morgan fingerprint density at radius 3 is 2.26 bits per heavy atom. The van der Waals surface area contributed by atoms with Gasteiger partial charge in [0.25, 0.3) is 5.91 Å². The molecule has 0 saturated carbocycles. The number of rotatable bonds is 4. The Hall–Kier alpha value is -3.27.